The summed E-state index contributed by atoms with van der Waals surface area (Å²) in [4.78, 5) is 0. The van der Waals surface area contributed by atoms with Gasteiger partial charge < -0.3 is 10.5 Å². The first kappa shape index (κ1) is 13.8. The van der Waals surface area contributed by atoms with Crippen LogP contribution in [-0.2, 0) is 0 Å². The lowest BCUT2D eigenvalue weighted by Gasteiger charge is -2.32. The number of rotatable bonds is 3. The predicted molar refractivity (Wildman–Crippen MR) is 79.5 cm³/mol. The van der Waals surface area contributed by atoms with Crippen molar-refractivity contribution in [1.29, 1.82) is 0 Å². The molecule has 2 nitrogen and oxygen atoms in total. The number of aryl methyl sites for hydroxylation is 1. The molecule has 1 aliphatic heterocycles. The van der Waals surface area contributed by atoms with Crippen molar-refractivity contribution < 1.29 is 4.74 Å². The summed E-state index contributed by atoms with van der Waals surface area (Å²) in [5.41, 5.74) is 10.1. The zero-order valence-electron chi connectivity index (χ0n) is 11.7. The molecule has 2 atom stereocenters. The Bertz CT molecular complexity index is 438. The van der Waals surface area contributed by atoms with Gasteiger partial charge in [0.1, 0.15) is 5.75 Å². The van der Waals surface area contributed by atoms with Crippen molar-refractivity contribution in [2.75, 3.05) is 12.9 Å². The van der Waals surface area contributed by atoms with E-state index in [1.807, 2.05) is 11.8 Å². The molecule has 2 N–H and O–H groups in total. The summed E-state index contributed by atoms with van der Waals surface area (Å²) in [6.07, 6.45) is 2.46. The van der Waals surface area contributed by atoms with Gasteiger partial charge in [0.05, 0.1) is 7.11 Å². The van der Waals surface area contributed by atoms with Crippen LogP contribution in [0, 0.1) is 13.8 Å². The molecule has 0 aromatic heterocycles. The number of nitrogens with two attached hydrogens (primary N) is 1. The van der Waals surface area contributed by atoms with E-state index in [1.54, 1.807) is 7.11 Å². The van der Waals surface area contributed by atoms with E-state index in [-0.39, 0.29) is 10.8 Å². The molecule has 0 amide bonds. The van der Waals surface area contributed by atoms with Gasteiger partial charge in [-0.2, -0.15) is 11.8 Å². The van der Waals surface area contributed by atoms with Gasteiger partial charge >= 0.3 is 0 Å². The first-order valence-electron chi connectivity index (χ1n) is 6.53. The molecular weight excluding hydrogens is 242 g/mol. The van der Waals surface area contributed by atoms with Crippen LogP contribution < -0.4 is 10.5 Å². The lowest BCUT2D eigenvalue weighted by molar-refractivity contribution is 0.393. The van der Waals surface area contributed by atoms with E-state index in [2.05, 4.69) is 32.9 Å². The molecule has 0 bridgehead atoms. The third-order valence-electron chi connectivity index (χ3n) is 4.15. The highest BCUT2D eigenvalue weighted by Gasteiger charge is 2.38. The van der Waals surface area contributed by atoms with Crippen LogP contribution in [0.5, 0.6) is 5.75 Å². The molecule has 0 saturated carbocycles. The summed E-state index contributed by atoms with van der Waals surface area (Å²) in [7, 11) is 1.74. The summed E-state index contributed by atoms with van der Waals surface area (Å²) >= 11 is 2.00. The van der Waals surface area contributed by atoms with Gasteiger partial charge in [-0.3, -0.25) is 0 Å². The first-order valence-corrected chi connectivity index (χ1v) is 7.52. The van der Waals surface area contributed by atoms with Crippen molar-refractivity contribution in [3.63, 3.8) is 0 Å². The third kappa shape index (κ3) is 2.26. The number of thioether (sulfide) groups is 1. The average molecular weight is 265 g/mol. The van der Waals surface area contributed by atoms with Gasteiger partial charge in [0.2, 0.25) is 0 Å². The maximum atomic E-state index is 6.53. The normalized spacial score (nSPS) is 25.2. The van der Waals surface area contributed by atoms with E-state index in [4.69, 9.17) is 10.5 Å². The van der Waals surface area contributed by atoms with Crippen molar-refractivity contribution in [3.05, 3.63) is 28.8 Å². The van der Waals surface area contributed by atoms with Crippen LogP contribution in [0.15, 0.2) is 12.1 Å². The van der Waals surface area contributed by atoms with E-state index < -0.39 is 0 Å². The third-order valence-corrected chi connectivity index (χ3v) is 5.76. The molecule has 2 unspecified atom stereocenters. The Balaban J connectivity index is 2.41. The van der Waals surface area contributed by atoms with Crippen LogP contribution in [0.1, 0.15) is 42.5 Å². The Hall–Kier alpha value is -0.670. The Kier molecular flexibility index (Phi) is 3.93. The van der Waals surface area contributed by atoms with Crippen LogP contribution >= 0.6 is 11.8 Å². The lowest BCUT2D eigenvalue weighted by Crippen LogP contribution is -2.33. The molecule has 1 fully saturated rings. The van der Waals surface area contributed by atoms with E-state index in [9.17, 15) is 0 Å². The van der Waals surface area contributed by atoms with Crippen LogP contribution in [0.4, 0.5) is 0 Å². The standard InChI is InChI=1S/C15H23NOS/c1-10-6-7-12(13(17-4)11(10)2)14(16)15(3)8-5-9-18-15/h6-7,14H,5,8-9,16H2,1-4H3. The van der Waals surface area contributed by atoms with Crippen LogP contribution in [0.25, 0.3) is 0 Å². The smallest absolute Gasteiger partial charge is 0.126 e. The molecular formula is C15H23NOS. The summed E-state index contributed by atoms with van der Waals surface area (Å²) in [6.45, 7) is 6.50. The van der Waals surface area contributed by atoms with Crippen molar-refractivity contribution in [2.24, 2.45) is 5.73 Å². The monoisotopic (exact) mass is 265 g/mol. The molecule has 2 rings (SSSR count). The quantitative estimate of drug-likeness (QED) is 0.907. The molecule has 0 aliphatic carbocycles. The molecule has 3 heteroatoms. The fraction of sp³-hybridized carbons (Fsp3) is 0.600. The Labute approximate surface area is 114 Å². The highest BCUT2D eigenvalue weighted by molar-refractivity contribution is 8.00. The fourth-order valence-electron chi connectivity index (χ4n) is 2.70. The highest BCUT2D eigenvalue weighted by Crippen LogP contribution is 2.47. The summed E-state index contributed by atoms with van der Waals surface area (Å²) < 4.78 is 5.74. The van der Waals surface area contributed by atoms with Gasteiger partial charge in [0, 0.05) is 16.4 Å². The van der Waals surface area contributed by atoms with Gasteiger partial charge in [0.25, 0.3) is 0 Å². The van der Waals surface area contributed by atoms with Gasteiger partial charge in [-0.25, -0.2) is 0 Å². The zero-order valence-corrected chi connectivity index (χ0v) is 12.6. The van der Waals surface area contributed by atoms with Crippen LogP contribution in [-0.4, -0.2) is 17.6 Å². The fourth-order valence-corrected chi connectivity index (χ4v) is 4.05. The van der Waals surface area contributed by atoms with Crippen molar-refractivity contribution >= 4 is 11.8 Å². The lowest BCUT2D eigenvalue weighted by atomic mass is 9.88. The maximum Gasteiger partial charge on any atom is 0.126 e. The zero-order chi connectivity index (χ0) is 13.3. The van der Waals surface area contributed by atoms with Gasteiger partial charge in [0.15, 0.2) is 0 Å². The van der Waals surface area contributed by atoms with E-state index in [1.165, 1.54) is 29.7 Å². The predicted octanol–water partition coefficient (Wildman–Crippen LogP) is 3.60. The summed E-state index contributed by atoms with van der Waals surface area (Å²) in [5.74, 6) is 2.19. The number of benzene rings is 1. The second-order valence-corrected chi connectivity index (χ2v) is 7.00. The van der Waals surface area contributed by atoms with Crippen LogP contribution in [0.2, 0.25) is 0 Å². The number of hydrogen-bond acceptors (Lipinski definition) is 3. The Morgan fingerprint density at radius 1 is 1.39 bits per heavy atom. The van der Waals surface area contributed by atoms with Gasteiger partial charge in [-0.1, -0.05) is 12.1 Å². The second kappa shape index (κ2) is 5.14. The molecule has 1 heterocycles. The maximum absolute atomic E-state index is 6.53. The topological polar surface area (TPSA) is 35.2 Å². The molecule has 1 aromatic rings. The van der Waals surface area contributed by atoms with Crippen molar-refractivity contribution in [2.45, 2.75) is 44.4 Å². The molecule has 100 valence electrons. The van der Waals surface area contributed by atoms with Gasteiger partial charge in [-0.05, 0) is 50.5 Å². The van der Waals surface area contributed by atoms with Gasteiger partial charge in [-0.15, -0.1) is 0 Å². The molecule has 1 aliphatic rings. The van der Waals surface area contributed by atoms with E-state index in [0.29, 0.717) is 0 Å². The minimum atomic E-state index is 0.0410. The molecule has 0 radical (unpaired) electrons. The largest absolute Gasteiger partial charge is 0.496 e. The Morgan fingerprint density at radius 2 is 2.11 bits per heavy atom. The number of ether oxygens (including phenoxy) is 1. The molecule has 1 saturated heterocycles. The molecule has 0 spiro atoms. The number of hydrogen-bond donors (Lipinski definition) is 1. The minimum Gasteiger partial charge on any atom is -0.496 e. The summed E-state index contributed by atoms with van der Waals surface area (Å²) in [5, 5.41) is 0. The average Bonchev–Trinajstić information content (AvgIpc) is 2.80. The minimum absolute atomic E-state index is 0.0410. The first-order chi connectivity index (χ1) is 8.49. The highest BCUT2D eigenvalue weighted by atomic mass is 32.2. The second-order valence-electron chi connectivity index (χ2n) is 5.37. The van der Waals surface area contributed by atoms with Crippen molar-refractivity contribution in [3.8, 4) is 5.75 Å². The number of methoxy groups -OCH3 is 1. The van der Waals surface area contributed by atoms with Crippen LogP contribution in [0.3, 0.4) is 0 Å². The van der Waals surface area contributed by atoms with E-state index >= 15 is 0 Å². The molecule has 1 aromatic carbocycles. The Morgan fingerprint density at radius 3 is 2.67 bits per heavy atom. The van der Waals surface area contributed by atoms with E-state index in [0.717, 1.165) is 11.3 Å². The van der Waals surface area contributed by atoms with Crippen molar-refractivity contribution in [1.82, 2.24) is 0 Å². The molecule has 18 heavy (non-hydrogen) atoms. The SMILES string of the molecule is COc1c(C(N)C2(C)CCCS2)ccc(C)c1C. The summed E-state index contributed by atoms with van der Waals surface area (Å²) in [6, 6.07) is 4.32.